The summed E-state index contributed by atoms with van der Waals surface area (Å²) in [5, 5.41) is 8.33. The summed E-state index contributed by atoms with van der Waals surface area (Å²) in [4.78, 5) is 81.5. The number of methoxy groups -OCH3 is 1. The molecule has 3 rings (SSSR count). The minimum absolute atomic E-state index is 0.176. The highest BCUT2D eigenvalue weighted by atomic mass is 16.6. The Morgan fingerprint density at radius 1 is 0.542 bits per heavy atom. The van der Waals surface area contributed by atoms with Gasteiger partial charge in [-0.3, -0.25) is 9.80 Å². The zero-order valence-electron chi connectivity index (χ0n) is 36.9. The lowest BCUT2D eigenvalue weighted by Gasteiger charge is -2.25. The number of hydrogen-bond acceptors (Lipinski definition) is 12. The molecule has 1 aromatic rings. The van der Waals surface area contributed by atoms with Crippen LogP contribution in [-0.4, -0.2) is 131 Å². The molecule has 0 aliphatic carbocycles. The van der Waals surface area contributed by atoms with Gasteiger partial charge in [0.15, 0.2) is 0 Å². The van der Waals surface area contributed by atoms with Crippen molar-refractivity contribution < 1.29 is 33.3 Å². The maximum atomic E-state index is 13.6. The highest BCUT2D eigenvalue weighted by Crippen LogP contribution is 2.23. The van der Waals surface area contributed by atoms with Crippen molar-refractivity contribution in [3.05, 3.63) is 31.5 Å². The van der Waals surface area contributed by atoms with Crippen LogP contribution in [0.1, 0.15) is 119 Å². The van der Waals surface area contributed by atoms with Crippen molar-refractivity contribution in [3.8, 4) is 0 Å². The Hall–Kier alpha value is -3.90. The van der Waals surface area contributed by atoms with Crippen molar-refractivity contribution in [2.24, 2.45) is 0 Å². The van der Waals surface area contributed by atoms with Gasteiger partial charge in [-0.05, 0) is 80.1 Å². The summed E-state index contributed by atoms with van der Waals surface area (Å²) in [5.41, 5.74) is -2.98. The van der Waals surface area contributed by atoms with Gasteiger partial charge in [0.05, 0.1) is 6.61 Å². The first-order chi connectivity index (χ1) is 28.0. The SMILES string of the molecule is COCCOC(=O)NCCCCCCn1c(=O)n(CCCCCCNC(=O)OC(C)(C)CN2CC2C)c(=O)n(CCCCCCNC(=O)OC(C)(C)CN2CC2C)c1=O. The molecule has 0 saturated carbocycles. The van der Waals surface area contributed by atoms with Crippen LogP contribution in [0.4, 0.5) is 14.4 Å². The third kappa shape index (κ3) is 19.4. The van der Waals surface area contributed by atoms with E-state index in [9.17, 15) is 28.8 Å². The van der Waals surface area contributed by atoms with E-state index < -0.39 is 46.6 Å². The molecular formula is C41H74N8O10. The molecular weight excluding hydrogens is 764 g/mol. The van der Waals surface area contributed by atoms with Crippen LogP contribution in [0.5, 0.6) is 0 Å². The van der Waals surface area contributed by atoms with E-state index in [1.807, 2.05) is 27.7 Å². The summed E-state index contributed by atoms with van der Waals surface area (Å²) in [6, 6.07) is 1.06. The van der Waals surface area contributed by atoms with Crippen molar-refractivity contribution >= 4 is 18.3 Å². The third-order valence-electron chi connectivity index (χ3n) is 10.5. The van der Waals surface area contributed by atoms with Gasteiger partial charge in [0.2, 0.25) is 0 Å². The maximum Gasteiger partial charge on any atom is 0.407 e. The van der Waals surface area contributed by atoms with Gasteiger partial charge in [0.25, 0.3) is 0 Å². The maximum absolute atomic E-state index is 13.6. The van der Waals surface area contributed by atoms with Crippen molar-refractivity contribution in [2.75, 3.05) is 66.1 Å². The third-order valence-corrected chi connectivity index (χ3v) is 10.5. The molecule has 0 bridgehead atoms. The normalized spacial score (nSPS) is 18.6. The molecule has 2 aliphatic rings. The summed E-state index contributed by atoms with van der Waals surface area (Å²) in [7, 11) is 1.53. The van der Waals surface area contributed by atoms with E-state index in [0.717, 1.165) is 51.6 Å². The molecule has 2 aliphatic heterocycles. The van der Waals surface area contributed by atoms with Gasteiger partial charge in [-0.2, -0.15) is 0 Å². The number of aromatic nitrogens is 3. The van der Waals surface area contributed by atoms with Crippen molar-refractivity contribution in [3.63, 3.8) is 0 Å². The minimum Gasteiger partial charge on any atom is -0.447 e. The number of hydrogen-bond donors (Lipinski definition) is 3. The first-order valence-electron chi connectivity index (χ1n) is 21.8. The van der Waals surface area contributed by atoms with Crippen LogP contribution >= 0.6 is 0 Å². The van der Waals surface area contributed by atoms with E-state index in [1.165, 1.54) is 20.8 Å². The Balaban J connectivity index is 1.46. The van der Waals surface area contributed by atoms with Crippen LogP contribution in [0, 0.1) is 0 Å². The van der Waals surface area contributed by atoms with Gasteiger partial charge in [-0.25, -0.2) is 42.5 Å². The van der Waals surface area contributed by atoms with Crippen molar-refractivity contribution in [1.29, 1.82) is 0 Å². The smallest absolute Gasteiger partial charge is 0.407 e. The van der Waals surface area contributed by atoms with E-state index in [0.29, 0.717) is 89.9 Å². The molecule has 4 unspecified atom stereocenters. The largest absolute Gasteiger partial charge is 0.447 e. The highest BCUT2D eigenvalue weighted by molar-refractivity contribution is 5.68. The fraction of sp³-hybridized carbons (Fsp3) is 0.854. The zero-order chi connectivity index (χ0) is 43.4. The zero-order valence-corrected chi connectivity index (χ0v) is 36.9. The van der Waals surface area contributed by atoms with Gasteiger partial charge in [0.1, 0.15) is 17.8 Å². The van der Waals surface area contributed by atoms with Crippen LogP contribution in [0.15, 0.2) is 14.4 Å². The second kappa shape index (κ2) is 25.0. The van der Waals surface area contributed by atoms with Crippen LogP contribution in [0.25, 0.3) is 0 Å². The monoisotopic (exact) mass is 839 g/mol. The van der Waals surface area contributed by atoms with Crippen LogP contribution in [-0.2, 0) is 38.6 Å². The number of carbonyl (C=O) groups excluding carboxylic acids is 3. The fourth-order valence-corrected chi connectivity index (χ4v) is 6.98. The first kappa shape index (κ1) is 49.5. The molecule has 0 radical (unpaired) electrons. The Bertz CT molecular complexity index is 1540. The van der Waals surface area contributed by atoms with Gasteiger partial charge in [0, 0.05) is 84.6 Å². The number of carbonyl (C=O) groups is 3. The molecule has 59 heavy (non-hydrogen) atoms. The molecule has 18 nitrogen and oxygen atoms in total. The first-order valence-corrected chi connectivity index (χ1v) is 21.8. The Kier molecular flexibility index (Phi) is 21.0. The van der Waals surface area contributed by atoms with Crippen molar-refractivity contribution in [2.45, 2.75) is 162 Å². The molecule has 0 spiro atoms. The molecule has 3 N–H and O–H groups in total. The number of rotatable bonds is 30. The molecule has 0 aromatic carbocycles. The molecule has 4 atom stereocenters. The number of unbranched alkanes of at least 4 members (excludes halogenated alkanes) is 9. The van der Waals surface area contributed by atoms with Crippen LogP contribution in [0.2, 0.25) is 0 Å². The minimum atomic E-state index is -0.606. The lowest BCUT2D eigenvalue weighted by molar-refractivity contribution is 0.0271. The number of nitrogens with zero attached hydrogens (tertiary/aromatic N) is 5. The Morgan fingerprint density at radius 3 is 1.19 bits per heavy atom. The highest BCUT2D eigenvalue weighted by Gasteiger charge is 2.37. The van der Waals surface area contributed by atoms with Gasteiger partial charge in [-0.1, -0.05) is 38.5 Å². The van der Waals surface area contributed by atoms with E-state index in [1.54, 1.807) is 0 Å². The predicted octanol–water partition coefficient (Wildman–Crippen LogP) is 3.64. The second-order valence-corrected chi connectivity index (χ2v) is 17.3. The summed E-state index contributed by atoms with van der Waals surface area (Å²) in [6.07, 6.45) is 6.93. The Labute approximate surface area is 349 Å². The molecule has 18 heteroatoms. The average Bonchev–Trinajstić information content (AvgIpc) is 4.05. The molecule has 3 heterocycles. The Morgan fingerprint density at radius 2 is 0.864 bits per heavy atom. The average molecular weight is 839 g/mol. The summed E-state index contributed by atoms with van der Waals surface area (Å²) < 4.78 is 24.6. The number of amides is 3. The van der Waals surface area contributed by atoms with Gasteiger partial charge < -0.3 is 34.9 Å². The quantitative estimate of drug-likeness (QED) is 0.0579. The summed E-state index contributed by atoms with van der Waals surface area (Å²) >= 11 is 0. The lowest BCUT2D eigenvalue weighted by Crippen LogP contribution is -2.54. The number of nitrogens with one attached hydrogen (secondary N) is 3. The molecule has 338 valence electrons. The number of ether oxygens (including phenoxy) is 4. The molecule has 1 aromatic heterocycles. The van der Waals surface area contributed by atoms with Gasteiger partial charge in [-0.15, -0.1) is 0 Å². The van der Waals surface area contributed by atoms with Crippen molar-refractivity contribution in [1.82, 2.24) is 39.5 Å². The topological polar surface area (TPSA) is 196 Å². The van der Waals surface area contributed by atoms with Gasteiger partial charge >= 0.3 is 35.3 Å². The molecule has 2 fully saturated rings. The van der Waals surface area contributed by atoms with E-state index in [4.69, 9.17) is 18.9 Å². The predicted molar refractivity (Wildman–Crippen MR) is 225 cm³/mol. The fourth-order valence-electron chi connectivity index (χ4n) is 6.98. The second-order valence-electron chi connectivity index (χ2n) is 17.3. The molecule has 3 amide bonds. The summed E-state index contributed by atoms with van der Waals surface area (Å²) in [5.74, 6) is 0. The number of alkyl carbamates (subject to hydrolysis) is 3. The standard InChI is InChI=1S/C41H74N8O10/c1-32-28-45(32)30-40(3,4)58-35(51)43-21-15-9-12-18-24-48-37(53)47(23-17-11-8-14-20-42-34(50)57-27-26-56-7)38(54)49(39(48)55)25-19-13-10-16-22-44-36(52)59-41(5,6)31-46-29-33(46)2/h32-33H,8-31H2,1-7H3,(H,42,50)(H,43,51)(H,44,52). The molecule has 2 saturated heterocycles. The van der Waals surface area contributed by atoms with Crippen LogP contribution < -0.4 is 33.0 Å². The van der Waals surface area contributed by atoms with E-state index in [2.05, 4.69) is 39.6 Å². The van der Waals surface area contributed by atoms with E-state index >= 15 is 0 Å². The van der Waals surface area contributed by atoms with Crippen LogP contribution in [0.3, 0.4) is 0 Å². The lowest BCUT2D eigenvalue weighted by atomic mass is 10.1. The van der Waals surface area contributed by atoms with E-state index in [-0.39, 0.29) is 26.2 Å². The summed E-state index contributed by atoms with van der Waals surface area (Å²) in [6.45, 7) is 17.7.